The van der Waals surface area contributed by atoms with Crippen molar-refractivity contribution < 1.29 is 9.84 Å². The van der Waals surface area contributed by atoms with Crippen molar-refractivity contribution in [3.63, 3.8) is 0 Å². The zero-order chi connectivity index (χ0) is 15.7. The monoisotopic (exact) mass is 359 g/mol. The molecule has 4 nitrogen and oxygen atoms in total. The van der Waals surface area contributed by atoms with Gasteiger partial charge in [0.25, 0.3) is 5.56 Å². The summed E-state index contributed by atoms with van der Waals surface area (Å²) in [5.41, 5.74) is 1.43. The van der Waals surface area contributed by atoms with Crippen LogP contribution in [-0.4, -0.2) is 16.8 Å². The zero-order valence-corrected chi connectivity index (χ0v) is 13.5. The molecule has 0 amide bonds. The molecule has 3 rings (SSSR count). The first-order valence-electron chi connectivity index (χ1n) is 6.73. The molecule has 1 heterocycles. The molecule has 0 radical (unpaired) electrons. The van der Waals surface area contributed by atoms with Crippen molar-refractivity contribution in [3.8, 4) is 11.4 Å². The molecule has 3 aromatic rings. The van der Waals surface area contributed by atoms with Crippen molar-refractivity contribution >= 4 is 26.7 Å². The molecular weight excluding hydrogens is 346 g/mol. The maximum Gasteiger partial charge on any atom is 0.263 e. The Morgan fingerprint density at radius 3 is 2.50 bits per heavy atom. The zero-order valence-electron chi connectivity index (χ0n) is 11.9. The van der Waals surface area contributed by atoms with E-state index in [1.165, 1.54) is 0 Å². The number of aliphatic hydroxyl groups is 1. The Morgan fingerprint density at radius 2 is 1.86 bits per heavy atom. The number of halogens is 1. The van der Waals surface area contributed by atoms with Gasteiger partial charge in [-0.1, -0.05) is 6.07 Å². The van der Waals surface area contributed by atoms with Gasteiger partial charge in [-0.15, -0.1) is 0 Å². The molecule has 0 aliphatic rings. The number of pyridine rings is 1. The van der Waals surface area contributed by atoms with E-state index in [0.29, 0.717) is 5.39 Å². The van der Waals surface area contributed by atoms with Crippen LogP contribution in [0.3, 0.4) is 0 Å². The summed E-state index contributed by atoms with van der Waals surface area (Å²) in [4.78, 5) is 12.7. The lowest BCUT2D eigenvalue weighted by Crippen LogP contribution is -2.18. The second-order valence-corrected chi connectivity index (χ2v) is 5.74. The normalized spacial score (nSPS) is 10.9. The SMILES string of the molecule is COc1ccc(-n2cc(Br)c3cc(CO)ccc3c2=O)cc1. The third kappa shape index (κ3) is 2.53. The van der Waals surface area contributed by atoms with Gasteiger partial charge >= 0.3 is 0 Å². The van der Waals surface area contributed by atoms with Gasteiger partial charge in [0.1, 0.15) is 5.75 Å². The summed E-state index contributed by atoms with van der Waals surface area (Å²) in [6.45, 7) is -0.0516. The summed E-state index contributed by atoms with van der Waals surface area (Å²) in [5, 5.41) is 10.6. The van der Waals surface area contributed by atoms with Crippen molar-refractivity contribution in [2.45, 2.75) is 6.61 Å². The molecule has 0 fully saturated rings. The van der Waals surface area contributed by atoms with Gasteiger partial charge in [0.05, 0.1) is 13.7 Å². The van der Waals surface area contributed by atoms with Crippen LogP contribution in [0.2, 0.25) is 0 Å². The van der Waals surface area contributed by atoms with Gasteiger partial charge in [-0.05, 0) is 57.9 Å². The maximum absolute atomic E-state index is 12.7. The molecule has 0 spiro atoms. The van der Waals surface area contributed by atoms with Crippen LogP contribution in [0.1, 0.15) is 5.56 Å². The smallest absolute Gasteiger partial charge is 0.263 e. The summed E-state index contributed by atoms with van der Waals surface area (Å²) in [5.74, 6) is 0.740. The summed E-state index contributed by atoms with van der Waals surface area (Å²) < 4.78 is 7.52. The van der Waals surface area contributed by atoms with Crippen LogP contribution in [0.25, 0.3) is 16.5 Å². The van der Waals surface area contributed by atoms with Crippen molar-refractivity contribution in [1.82, 2.24) is 4.57 Å². The van der Waals surface area contributed by atoms with Gasteiger partial charge in [-0.2, -0.15) is 0 Å². The van der Waals surface area contributed by atoms with E-state index >= 15 is 0 Å². The van der Waals surface area contributed by atoms with E-state index in [-0.39, 0.29) is 12.2 Å². The van der Waals surface area contributed by atoms with Gasteiger partial charge in [0.15, 0.2) is 0 Å². The molecule has 2 aromatic carbocycles. The fraction of sp³-hybridized carbons (Fsp3) is 0.118. The summed E-state index contributed by atoms with van der Waals surface area (Å²) in [7, 11) is 1.60. The molecule has 0 bridgehead atoms. The number of hydrogen-bond donors (Lipinski definition) is 1. The quantitative estimate of drug-likeness (QED) is 0.780. The van der Waals surface area contributed by atoms with Crippen LogP contribution in [0.5, 0.6) is 5.75 Å². The third-order valence-corrected chi connectivity index (χ3v) is 4.20. The minimum Gasteiger partial charge on any atom is -0.497 e. The van der Waals surface area contributed by atoms with E-state index in [2.05, 4.69) is 15.9 Å². The highest BCUT2D eigenvalue weighted by Crippen LogP contribution is 2.24. The van der Waals surface area contributed by atoms with Crippen molar-refractivity contribution in [1.29, 1.82) is 0 Å². The highest BCUT2D eigenvalue weighted by Gasteiger charge is 2.09. The van der Waals surface area contributed by atoms with Gasteiger partial charge in [0, 0.05) is 27.1 Å². The molecule has 112 valence electrons. The molecule has 0 saturated carbocycles. The molecule has 1 N–H and O–H groups in total. The van der Waals surface area contributed by atoms with Crippen LogP contribution in [-0.2, 0) is 6.61 Å². The van der Waals surface area contributed by atoms with Gasteiger partial charge in [-0.3, -0.25) is 9.36 Å². The molecule has 0 atom stereocenters. The summed E-state index contributed by atoms with van der Waals surface area (Å²) in [6.07, 6.45) is 1.74. The van der Waals surface area contributed by atoms with E-state index in [0.717, 1.165) is 26.9 Å². The molecule has 22 heavy (non-hydrogen) atoms. The van der Waals surface area contributed by atoms with Crippen molar-refractivity contribution in [2.24, 2.45) is 0 Å². The van der Waals surface area contributed by atoms with Gasteiger partial charge < -0.3 is 9.84 Å². The number of rotatable bonds is 3. The highest BCUT2D eigenvalue weighted by atomic mass is 79.9. The van der Waals surface area contributed by atoms with Crippen molar-refractivity contribution in [2.75, 3.05) is 7.11 Å². The molecule has 0 unspecified atom stereocenters. The molecule has 0 saturated heterocycles. The third-order valence-electron chi connectivity index (χ3n) is 3.57. The predicted octanol–water partition coefficient (Wildman–Crippen LogP) is 3.25. The second kappa shape index (κ2) is 5.94. The largest absolute Gasteiger partial charge is 0.497 e. The molecular formula is C17H14BrNO3. The van der Waals surface area contributed by atoms with E-state index in [9.17, 15) is 9.90 Å². The number of hydrogen-bond acceptors (Lipinski definition) is 3. The first kappa shape index (κ1) is 14.8. The summed E-state index contributed by atoms with van der Waals surface area (Å²) >= 11 is 3.50. The maximum atomic E-state index is 12.7. The Hall–Kier alpha value is -2.11. The van der Waals surface area contributed by atoms with Crippen LogP contribution >= 0.6 is 15.9 Å². The molecule has 1 aromatic heterocycles. The fourth-order valence-electron chi connectivity index (χ4n) is 2.38. The molecule has 5 heteroatoms. The van der Waals surface area contributed by atoms with E-state index in [1.54, 1.807) is 30.0 Å². The predicted molar refractivity (Wildman–Crippen MR) is 89.7 cm³/mol. The number of nitrogens with zero attached hydrogens (tertiary/aromatic N) is 1. The number of fused-ring (bicyclic) bond motifs is 1. The first-order valence-corrected chi connectivity index (χ1v) is 7.52. The van der Waals surface area contributed by atoms with Crippen LogP contribution in [0.4, 0.5) is 0 Å². The lowest BCUT2D eigenvalue weighted by Gasteiger charge is -2.10. The lowest BCUT2D eigenvalue weighted by molar-refractivity contribution is 0.282. The molecule has 0 aliphatic heterocycles. The first-order chi connectivity index (χ1) is 10.6. The van der Waals surface area contributed by atoms with E-state index in [4.69, 9.17) is 4.74 Å². The lowest BCUT2D eigenvalue weighted by atomic mass is 10.1. The number of ether oxygens (including phenoxy) is 1. The van der Waals surface area contributed by atoms with E-state index < -0.39 is 0 Å². The number of aliphatic hydroxyl groups excluding tert-OH is 1. The van der Waals surface area contributed by atoms with Crippen LogP contribution < -0.4 is 10.3 Å². The minimum absolute atomic E-state index is 0.0516. The number of aromatic nitrogens is 1. The minimum atomic E-state index is -0.104. The average molecular weight is 360 g/mol. The Labute approximate surface area is 135 Å². The van der Waals surface area contributed by atoms with E-state index in [1.807, 2.05) is 30.3 Å². The number of methoxy groups -OCH3 is 1. The Kier molecular flexibility index (Phi) is 4.00. The Bertz CT molecular complexity index is 885. The van der Waals surface area contributed by atoms with Crippen LogP contribution in [0, 0.1) is 0 Å². The van der Waals surface area contributed by atoms with Gasteiger partial charge in [-0.25, -0.2) is 0 Å². The molecule has 0 aliphatic carbocycles. The Morgan fingerprint density at radius 1 is 1.14 bits per heavy atom. The fourth-order valence-corrected chi connectivity index (χ4v) is 2.91. The highest BCUT2D eigenvalue weighted by molar-refractivity contribution is 9.10. The van der Waals surface area contributed by atoms with Gasteiger partial charge in [0.2, 0.25) is 0 Å². The van der Waals surface area contributed by atoms with Crippen LogP contribution in [0.15, 0.2) is 57.9 Å². The standard InChI is InChI=1S/C17H14BrNO3/c1-22-13-5-3-12(4-6-13)19-9-16(18)15-8-11(10-20)2-7-14(15)17(19)21/h2-9,20H,10H2,1H3. The second-order valence-electron chi connectivity index (χ2n) is 4.89. The number of benzene rings is 2. The Balaban J connectivity index is 2.22. The summed E-state index contributed by atoms with van der Waals surface area (Å²) in [6, 6.07) is 12.6. The topological polar surface area (TPSA) is 51.5 Å². The van der Waals surface area contributed by atoms with Crippen molar-refractivity contribution in [3.05, 3.63) is 69.1 Å². The average Bonchev–Trinajstić information content (AvgIpc) is 2.57.